The number of ether oxygens (including phenoxy) is 1. The Labute approximate surface area is 187 Å². The van der Waals surface area contributed by atoms with E-state index in [4.69, 9.17) is 4.74 Å². The Bertz CT molecular complexity index is 1260. The normalized spacial score (nSPS) is 16.5. The van der Waals surface area contributed by atoms with Gasteiger partial charge in [-0.2, -0.15) is 0 Å². The van der Waals surface area contributed by atoms with Crippen LogP contribution < -0.4 is 4.74 Å². The molecule has 7 heteroatoms. The van der Waals surface area contributed by atoms with Crippen molar-refractivity contribution in [3.63, 3.8) is 0 Å². The summed E-state index contributed by atoms with van der Waals surface area (Å²) in [6.45, 7) is 2.05. The minimum atomic E-state index is -4.12. The molecule has 0 saturated carbocycles. The summed E-state index contributed by atoms with van der Waals surface area (Å²) in [7, 11) is -2.55. The molecule has 4 rings (SSSR count). The number of aliphatic hydroxyl groups excluding tert-OH is 1. The van der Waals surface area contributed by atoms with Crippen molar-refractivity contribution in [1.29, 1.82) is 0 Å². The van der Waals surface area contributed by atoms with Crippen molar-refractivity contribution in [3.05, 3.63) is 106 Å². The van der Waals surface area contributed by atoms with E-state index >= 15 is 0 Å². The van der Waals surface area contributed by atoms with Crippen LogP contribution in [0, 0.1) is 6.92 Å². The van der Waals surface area contributed by atoms with E-state index in [-0.39, 0.29) is 16.3 Å². The first kappa shape index (κ1) is 21.6. The predicted octanol–water partition coefficient (Wildman–Crippen LogP) is 4.33. The van der Waals surface area contributed by atoms with Gasteiger partial charge < -0.3 is 14.7 Å². The summed E-state index contributed by atoms with van der Waals surface area (Å²) >= 11 is 0. The van der Waals surface area contributed by atoms with Gasteiger partial charge in [-0.05, 0) is 42.3 Å². The molecule has 3 aromatic carbocycles. The van der Waals surface area contributed by atoms with Gasteiger partial charge in [-0.15, -0.1) is 0 Å². The predicted molar refractivity (Wildman–Crippen MR) is 121 cm³/mol. The Morgan fingerprint density at radius 1 is 0.938 bits per heavy atom. The topological polar surface area (TPSA) is 83.9 Å². The van der Waals surface area contributed by atoms with Crippen LogP contribution in [0.4, 0.5) is 0 Å². The van der Waals surface area contributed by atoms with Gasteiger partial charge in [0, 0.05) is 6.54 Å². The summed E-state index contributed by atoms with van der Waals surface area (Å²) in [6, 6.07) is 21.3. The molecule has 0 unspecified atom stereocenters. The number of hydrogen-bond acceptors (Lipinski definition) is 5. The van der Waals surface area contributed by atoms with Gasteiger partial charge in [0.2, 0.25) is 9.84 Å². The Morgan fingerprint density at radius 2 is 1.56 bits per heavy atom. The Hall–Kier alpha value is -3.58. The lowest BCUT2D eigenvalue weighted by atomic mass is 10.0. The number of methoxy groups -OCH3 is 1. The smallest absolute Gasteiger partial charge is 0.290 e. The molecule has 164 valence electrons. The highest BCUT2D eigenvalue weighted by Gasteiger charge is 2.46. The van der Waals surface area contributed by atoms with Crippen molar-refractivity contribution in [1.82, 2.24) is 4.90 Å². The molecular weight excluding hydrogens is 426 g/mol. The fourth-order valence-electron chi connectivity index (χ4n) is 3.80. The van der Waals surface area contributed by atoms with Gasteiger partial charge in [-0.25, -0.2) is 8.42 Å². The number of aryl methyl sites for hydroxylation is 1. The van der Waals surface area contributed by atoms with Crippen LogP contribution in [0.1, 0.15) is 22.7 Å². The maximum absolute atomic E-state index is 13.5. The molecule has 1 N–H and O–H groups in total. The first-order valence-electron chi connectivity index (χ1n) is 10.1. The van der Waals surface area contributed by atoms with Gasteiger partial charge in [0.15, 0.2) is 5.76 Å². The molecule has 0 spiro atoms. The third-order valence-corrected chi connectivity index (χ3v) is 7.39. The number of sulfone groups is 1. The van der Waals surface area contributed by atoms with Crippen molar-refractivity contribution in [3.8, 4) is 5.75 Å². The first-order valence-corrected chi connectivity index (χ1v) is 11.5. The van der Waals surface area contributed by atoms with Crippen LogP contribution in [-0.2, 0) is 21.2 Å². The fraction of sp³-hybridized carbons (Fsp3) is 0.160. The van der Waals surface area contributed by atoms with Gasteiger partial charge in [0.1, 0.15) is 10.7 Å². The van der Waals surface area contributed by atoms with Crippen LogP contribution in [0.25, 0.3) is 0 Å². The quantitative estimate of drug-likeness (QED) is 0.606. The van der Waals surface area contributed by atoms with Crippen molar-refractivity contribution < 1.29 is 23.1 Å². The molecule has 0 aromatic heterocycles. The number of amides is 1. The van der Waals surface area contributed by atoms with Crippen LogP contribution in [0.15, 0.2) is 94.4 Å². The molecule has 0 saturated heterocycles. The summed E-state index contributed by atoms with van der Waals surface area (Å²) in [5.41, 5.74) is 2.39. The average molecular weight is 450 g/mol. The maximum Gasteiger partial charge on any atom is 0.290 e. The van der Waals surface area contributed by atoms with Crippen molar-refractivity contribution in [2.45, 2.75) is 24.4 Å². The second-order valence-corrected chi connectivity index (χ2v) is 9.54. The highest BCUT2D eigenvalue weighted by Crippen LogP contribution is 2.43. The lowest BCUT2D eigenvalue weighted by Crippen LogP contribution is -2.30. The lowest BCUT2D eigenvalue weighted by molar-refractivity contribution is -0.130. The largest absolute Gasteiger partial charge is 0.502 e. The molecule has 0 aliphatic carbocycles. The monoisotopic (exact) mass is 449 g/mol. The van der Waals surface area contributed by atoms with Gasteiger partial charge >= 0.3 is 0 Å². The second-order valence-electron chi connectivity index (χ2n) is 7.62. The molecule has 32 heavy (non-hydrogen) atoms. The number of benzene rings is 3. The first-order chi connectivity index (χ1) is 15.3. The number of aliphatic hydroxyl groups is 1. The Balaban J connectivity index is 1.82. The third kappa shape index (κ3) is 3.87. The van der Waals surface area contributed by atoms with Crippen molar-refractivity contribution in [2.24, 2.45) is 0 Å². The third-order valence-electron chi connectivity index (χ3n) is 5.50. The SMILES string of the molecule is COc1ccc(CN2C(=O)C(O)=C(S(=O)(=O)c3ccccc3)[C@H]2c2ccc(C)cc2)cc1. The number of carbonyl (C=O) groups is 1. The number of rotatable bonds is 6. The van der Waals surface area contributed by atoms with E-state index in [1.807, 2.05) is 19.1 Å². The van der Waals surface area contributed by atoms with Crippen LogP contribution in [-0.4, -0.2) is 31.4 Å². The summed E-state index contributed by atoms with van der Waals surface area (Å²) < 4.78 is 32.2. The average Bonchev–Trinajstić information content (AvgIpc) is 3.06. The van der Waals surface area contributed by atoms with E-state index in [1.165, 1.54) is 17.0 Å². The highest BCUT2D eigenvalue weighted by atomic mass is 32.2. The summed E-state index contributed by atoms with van der Waals surface area (Å²) in [4.78, 5) is 14.2. The number of nitrogens with zero attached hydrogens (tertiary/aromatic N) is 1. The lowest BCUT2D eigenvalue weighted by Gasteiger charge is -2.27. The molecule has 0 fully saturated rings. The van der Waals surface area contributed by atoms with E-state index in [2.05, 4.69) is 0 Å². The highest BCUT2D eigenvalue weighted by molar-refractivity contribution is 7.95. The van der Waals surface area contributed by atoms with Gasteiger partial charge in [0.25, 0.3) is 5.91 Å². The zero-order valence-electron chi connectivity index (χ0n) is 17.7. The maximum atomic E-state index is 13.5. The van der Waals surface area contributed by atoms with E-state index < -0.39 is 27.5 Å². The molecule has 3 aromatic rings. The fourth-order valence-corrected chi connectivity index (χ4v) is 5.47. The molecule has 0 bridgehead atoms. The van der Waals surface area contributed by atoms with E-state index in [0.717, 1.165) is 11.1 Å². The summed E-state index contributed by atoms with van der Waals surface area (Å²) in [5.74, 6) is -0.793. The van der Waals surface area contributed by atoms with Crippen LogP contribution in [0.2, 0.25) is 0 Å². The van der Waals surface area contributed by atoms with Crippen molar-refractivity contribution in [2.75, 3.05) is 7.11 Å². The molecule has 1 aliphatic rings. The minimum Gasteiger partial charge on any atom is -0.502 e. The molecular formula is C25H23NO5S. The van der Waals surface area contributed by atoms with Crippen molar-refractivity contribution >= 4 is 15.7 Å². The molecule has 6 nitrogen and oxygen atoms in total. The Morgan fingerprint density at radius 3 is 2.16 bits per heavy atom. The zero-order chi connectivity index (χ0) is 22.9. The molecule has 1 amide bonds. The van der Waals surface area contributed by atoms with E-state index in [9.17, 15) is 18.3 Å². The minimum absolute atomic E-state index is 0.0257. The molecule has 1 atom stereocenters. The summed E-state index contributed by atoms with van der Waals surface area (Å²) in [6.07, 6.45) is 0. The molecule has 1 heterocycles. The standard InChI is InChI=1S/C25H23NO5S/c1-17-8-12-19(13-9-17)22-24(32(29,30)21-6-4-3-5-7-21)23(27)25(28)26(22)16-18-10-14-20(31-2)15-11-18/h3-15,22,27H,16H2,1-2H3/t22-/m1/s1. The van der Waals surface area contributed by atoms with Gasteiger partial charge in [-0.3, -0.25) is 4.79 Å². The number of hydrogen-bond donors (Lipinski definition) is 1. The second kappa shape index (κ2) is 8.51. The molecule has 1 aliphatic heterocycles. The Kier molecular flexibility index (Phi) is 5.76. The van der Waals surface area contributed by atoms with Gasteiger partial charge in [-0.1, -0.05) is 60.2 Å². The van der Waals surface area contributed by atoms with E-state index in [1.54, 1.807) is 61.7 Å². The number of carbonyl (C=O) groups excluding carboxylic acids is 1. The van der Waals surface area contributed by atoms with Crippen LogP contribution >= 0.6 is 0 Å². The van der Waals surface area contributed by atoms with E-state index in [0.29, 0.717) is 11.3 Å². The van der Waals surface area contributed by atoms with Crippen LogP contribution in [0.3, 0.4) is 0 Å². The van der Waals surface area contributed by atoms with Gasteiger partial charge in [0.05, 0.1) is 18.0 Å². The molecule has 0 radical (unpaired) electrons. The summed E-state index contributed by atoms with van der Waals surface area (Å²) in [5, 5.41) is 10.8. The zero-order valence-corrected chi connectivity index (χ0v) is 18.5. The van der Waals surface area contributed by atoms with Crippen LogP contribution in [0.5, 0.6) is 5.75 Å².